The van der Waals surface area contributed by atoms with E-state index in [1.807, 2.05) is 25.8 Å². The molecule has 0 aromatic heterocycles. The monoisotopic (exact) mass is 515 g/mol. The maximum absolute atomic E-state index is 12.6. The first-order valence-corrected chi connectivity index (χ1v) is 14.7. The first-order chi connectivity index (χ1) is 17.3. The summed E-state index contributed by atoms with van der Waals surface area (Å²) in [5.41, 5.74) is 3.42. The highest BCUT2D eigenvalue weighted by atomic mass is 32.2. The van der Waals surface area contributed by atoms with Gasteiger partial charge in [-0.05, 0) is 100 Å². The lowest BCUT2D eigenvalue weighted by atomic mass is 9.88. The molecule has 2 aliphatic heterocycles. The van der Waals surface area contributed by atoms with Crippen LogP contribution >= 0.6 is 11.8 Å². The van der Waals surface area contributed by atoms with E-state index < -0.39 is 0 Å². The van der Waals surface area contributed by atoms with E-state index in [1.165, 1.54) is 10.5 Å². The van der Waals surface area contributed by atoms with Crippen LogP contribution in [0.5, 0.6) is 0 Å². The van der Waals surface area contributed by atoms with Crippen molar-refractivity contribution in [2.75, 3.05) is 33.7 Å². The van der Waals surface area contributed by atoms with Gasteiger partial charge in [0.15, 0.2) is 0 Å². The molecule has 2 atom stereocenters. The lowest BCUT2D eigenvalue weighted by Crippen LogP contribution is -2.43. The number of carbonyl (C=O) groups excluding carboxylic acids is 1. The van der Waals surface area contributed by atoms with Gasteiger partial charge in [0.05, 0.1) is 24.3 Å². The Morgan fingerprint density at radius 3 is 2.56 bits per heavy atom. The fourth-order valence-corrected chi connectivity index (χ4v) is 7.43. The summed E-state index contributed by atoms with van der Waals surface area (Å²) in [6.45, 7) is 10.7. The smallest absolute Gasteiger partial charge is 0.236 e. The average molecular weight is 516 g/mol. The largest absolute Gasteiger partial charge is 0.489 e. The number of hydrogen-bond donors (Lipinski definition) is 1. The first-order valence-electron chi connectivity index (χ1n) is 13.9. The molecule has 0 radical (unpaired) electrons. The van der Waals surface area contributed by atoms with Crippen LogP contribution in [0.25, 0.3) is 0 Å². The first kappa shape index (κ1) is 27.5. The number of thioether (sulfide) groups is 1. The summed E-state index contributed by atoms with van der Waals surface area (Å²) in [6, 6.07) is 0.427. The van der Waals surface area contributed by atoms with Crippen LogP contribution in [-0.2, 0) is 9.53 Å². The van der Waals surface area contributed by atoms with Gasteiger partial charge in [-0.25, -0.2) is 0 Å². The number of carbonyl (C=O) groups is 1. The summed E-state index contributed by atoms with van der Waals surface area (Å²) in [5.74, 6) is 1.52. The van der Waals surface area contributed by atoms with Gasteiger partial charge in [-0.15, -0.1) is 0 Å². The van der Waals surface area contributed by atoms with Crippen molar-refractivity contribution in [3.05, 3.63) is 34.0 Å². The molecule has 36 heavy (non-hydrogen) atoms. The minimum absolute atomic E-state index is 0.150. The van der Waals surface area contributed by atoms with Gasteiger partial charge >= 0.3 is 0 Å². The Morgan fingerprint density at radius 1 is 1.25 bits per heavy atom. The van der Waals surface area contributed by atoms with Crippen molar-refractivity contribution < 1.29 is 14.6 Å². The molecule has 1 N–H and O–H groups in total. The Bertz CT molecular complexity index is 926. The molecule has 4 rings (SSSR count). The van der Waals surface area contributed by atoms with E-state index in [4.69, 9.17) is 4.74 Å². The van der Waals surface area contributed by atoms with E-state index in [0.29, 0.717) is 18.5 Å². The molecule has 1 saturated carbocycles. The maximum Gasteiger partial charge on any atom is 0.236 e. The number of hydrogen-bond acceptors (Lipinski definition) is 6. The average Bonchev–Trinajstić information content (AvgIpc) is 3.61. The predicted molar refractivity (Wildman–Crippen MR) is 149 cm³/mol. The van der Waals surface area contributed by atoms with E-state index in [0.717, 1.165) is 99.2 Å². The summed E-state index contributed by atoms with van der Waals surface area (Å²) in [5, 5.41) is 11.4. The van der Waals surface area contributed by atoms with Crippen molar-refractivity contribution in [1.82, 2.24) is 9.80 Å². The quantitative estimate of drug-likeness (QED) is 0.422. The third kappa shape index (κ3) is 6.11. The van der Waals surface area contributed by atoms with Gasteiger partial charge < -0.3 is 14.7 Å². The van der Waals surface area contributed by atoms with Crippen molar-refractivity contribution in [2.45, 2.75) is 96.3 Å². The molecule has 0 spiro atoms. The molecule has 2 fully saturated rings. The number of allylic oxidation sites excluding steroid dienone is 3. The number of aliphatic hydroxyl groups excluding tert-OH is 1. The lowest BCUT2D eigenvalue weighted by molar-refractivity contribution is -0.131. The maximum atomic E-state index is 12.6. The molecule has 2 aliphatic carbocycles. The Labute approximate surface area is 221 Å². The molecule has 200 valence electrons. The second-order valence-corrected chi connectivity index (χ2v) is 12.1. The molecule has 2 heterocycles. The number of nitrogens with zero attached hydrogens (tertiary/aromatic N) is 3. The van der Waals surface area contributed by atoms with Gasteiger partial charge in [0.2, 0.25) is 5.91 Å². The summed E-state index contributed by atoms with van der Waals surface area (Å²) in [6.07, 6.45) is 9.92. The Kier molecular flexibility index (Phi) is 9.40. The normalized spacial score (nSPS) is 29.8. The number of rotatable bonds is 9. The van der Waals surface area contributed by atoms with Crippen molar-refractivity contribution >= 4 is 22.7 Å². The highest BCUT2D eigenvalue weighted by Crippen LogP contribution is 2.53. The zero-order valence-corrected chi connectivity index (χ0v) is 23.5. The molecule has 0 unspecified atom stereocenters. The van der Waals surface area contributed by atoms with E-state index in [-0.39, 0.29) is 18.1 Å². The molecule has 6 nitrogen and oxygen atoms in total. The standard InChI is InChI=1S/C29H45N3O3S/c1-6-22(33)17-20-9-14-24-26(20)27(29(30-4)36-24)28(19(2)3)35-23-12-10-21(11-13-23)31(5)18-25(34)32-15-7-8-16-32/h20-23,33H,2,6-18H2,1,3-5H3/b28-27+,30-29?/t20-,21?,22+,23?/m1/s1. The number of aliphatic hydroxyl groups is 1. The predicted octanol–water partition coefficient (Wildman–Crippen LogP) is 5.30. The summed E-state index contributed by atoms with van der Waals surface area (Å²) in [7, 11) is 3.96. The molecular weight excluding hydrogens is 470 g/mol. The Balaban J connectivity index is 1.43. The Hall–Kier alpha value is -1.57. The fourth-order valence-electron chi connectivity index (χ4n) is 6.20. The third-order valence-corrected chi connectivity index (χ3v) is 9.62. The second-order valence-electron chi connectivity index (χ2n) is 11.0. The van der Waals surface area contributed by atoms with Crippen LogP contribution in [0.2, 0.25) is 0 Å². The molecule has 4 aliphatic rings. The van der Waals surface area contributed by atoms with Crippen LogP contribution in [0.4, 0.5) is 0 Å². The molecule has 0 aromatic rings. The summed E-state index contributed by atoms with van der Waals surface area (Å²) < 4.78 is 6.74. The number of likely N-dealkylation sites (tertiary alicyclic amines) is 1. The summed E-state index contributed by atoms with van der Waals surface area (Å²) >= 11 is 1.78. The van der Waals surface area contributed by atoms with Gasteiger partial charge in [-0.2, -0.15) is 0 Å². The van der Waals surface area contributed by atoms with Crippen molar-refractivity contribution in [2.24, 2.45) is 10.9 Å². The molecule has 7 heteroatoms. The SMILES string of the molecule is C=C(C)/C(OC1CCC(N(C)CC(=O)N2CCCC2)CC1)=C1\C(=NC)SC2=C1[C@@H](C[C@@H](O)CC)CC2. The number of likely N-dealkylation sites (N-methyl/N-ethyl adjacent to an activating group) is 1. The molecule has 0 bridgehead atoms. The topological polar surface area (TPSA) is 65.4 Å². The number of aliphatic imine (C=N–C) groups is 1. The van der Waals surface area contributed by atoms with Crippen molar-refractivity contribution in [3.8, 4) is 0 Å². The van der Waals surface area contributed by atoms with Gasteiger partial charge in [-0.1, -0.05) is 25.3 Å². The minimum Gasteiger partial charge on any atom is -0.489 e. The molecular formula is C29H45N3O3S. The molecule has 1 saturated heterocycles. The van der Waals surface area contributed by atoms with Crippen LogP contribution < -0.4 is 0 Å². The zero-order valence-electron chi connectivity index (χ0n) is 22.7. The van der Waals surface area contributed by atoms with Crippen LogP contribution in [0.3, 0.4) is 0 Å². The van der Waals surface area contributed by atoms with E-state index in [9.17, 15) is 9.90 Å². The van der Waals surface area contributed by atoms with E-state index >= 15 is 0 Å². The second kappa shape index (κ2) is 12.3. The van der Waals surface area contributed by atoms with Crippen molar-refractivity contribution in [3.63, 3.8) is 0 Å². The van der Waals surface area contributed by atoms with E-state index in [1.54, 1.807) is 11.8 Å². The Morgan fingerprint density at radius 2 is 1.94 bits per heavy atom. The minimum atomic E-state index is -0.269. The third-order valence-electron chi connectivity index (χ3n) is 8.37. The van der Waals surface area contributed by atoms with Gasteiger partial charge in [0.1, 0.15) is 10.8 Å². The number of ether oxygens (including phenoxy) is 1. The highest BCUT2D eigenvalue weighted by Gasteiger charge is 2.40. The van der Waals surface area contributed by atoms with Crippen LogP contribution in [0.1, 0.15) is 78.1 Å². The lowest BCUT2D eigenvalue weighted by Gasteiger charge is -2.35. The number of amides is 1. The zero-order chi connectivity index (χ0) is 25.8. The molecule has 0 aromatic carbocycles. The highest BCUT2D eigenvalue weighted by molar-refractivity contribution is 8.18. The fraction of sp³-hybridized carbons (Fsp3) is 0.724. The molecule has 1 amide bonds. The van der Waals surface area contributed by atoms with Crippen molar-refractivity contribution in [1.29, 1.82) is 0 Å². The van der Waals surface area contributed by atoms with Gasteiger partial charge in [-0.3, -0.25) is 14.7 Å². The van der Waals surface area contributed by atoms with Crippen LogP contribution in [0, 0.1) is 5.92 Å². The van der Waals surface area contributed by atoms with Gasteiger partial charge in [0, 0.05) is 26.2 Å². The van der Waals surface area contributed by atoms with E-state index in [2.05, 4.69) is 23.5 Å². The summed E-state index contributed by atoms with van der Waals surface area (Å²) in [4.78, 5) is 22.9. The van der Waals surface area contributed by atoms with Gasteiger partial charge in [0.25, 0.3) is 0 Å². The van der Waals surface area contributed by atoms with Crippen LogP contribution in [-0.4, -0.2) is 77.8 Å². The van der Waals surface area contributed by atoms with Crippen LogP contribution in [0.15, 0.2) is 39.0 Å².